The van der Waals surface area contributed by atoms with Crippen molar-refractivity contribution >= 4 is 41.0 Å². The van der Waals surface area contributed by atoms with E-state index in [-0.39, 0.29) is 23.1 Å². The van der Waals surface area contributed by atoms with Crippen molar-refractivity contribution in [1.82, 2.24) is 0 Å². The summed E-state index contributed by atoms with van der Waals surface area (Å²) in [5.74, 6) is -4.04. The molecule has 0 amide bonds. The minimum Gasteiger partial charge on any atom is -0.545 e. The predicted octanol–water partition coefficient (Wildman–Crippen LogP) is -3.08. The van der Waals surface area contributed by atoms with Gasteiger partial charge in [-0.05, 0) is 12.2 Å². The number of carbonyl (C=O) groups is 3. The van der Waals surface area contributed by atoms with Gasteiger partial charge in [-0.2, -0.15) is 0 Å². The van der Waals surface area contributed by atoms with E-state index in [2.05, 4.69) is 6.58 Å². The Balaban J connectivity index is -0.000000177. The van der Waals surface area contributed by atoms with E-state index in [1.54, 1.807) is 0 Å². The predicted molar refractivity (Wildman–Crippen MR) is 42.7 cm³/mol. The quantitative estimate of drug-likeness (QED) is 0.390. The average molecular weight is 210 g/mol. The minimum atomic E-state index is -1.51. The molecule has 7 heteroatoms. The van der Waals surface area contributed by atoms with Gasteiger partial charge in [0.25, 0.3) is 0 Å². The maximum atomic E-state index is 9.53. The Hall–Kier alpha value is -1.34. The Bertz CT molecular complexity index is 229. The molecule has 0 unspecified atom stereocenters. The fourth-order valence-electron chi connectivity index (χ4n) is 0.139. The molecule has 72 valence electrons. The second-order valence-corrected chi connectivity index (χ2v) is 1.51. The van der Waals surface area contributed by atoms with Crippen molar-refractivity contribution < 1.29 is 29.7 Å². The second-order valence-electron chi connectivity index (χ2n) is 1.51. The van der Waals surface area contributed by atoms with E-state index in [0.717, 1.165) is 6.08 Å². The van der Waals surface area contributed by atoms with E-state index < -0.39 is 17.9 Å². The molecular weight excluding hydrogens is 204 g/mol. The molecule has 0 saturated heterocycles. The summed E-state index contributed by atoms with van der Waals surface area (Å²) >= 11 is 0. The molecule has 0 aliphatic carbocycles. The number of rotatable bonds is 3. The van der Waals surface area contributed by atoms with Crippen molar-refractivity contribution in [3.8, 4) is 0 Å². The minimum absolute atomic E-state index is 0. The fraction of sp³-hybridized carbons (Fsp3) is 0. The van der Waals surface area contributed by atoms with Crippen LogP contribution in [0.15, 0.2) is 24.8 Å². The van der Waals surface area contributed by atoms with Gasteiger partial charge in [0.05, 0.1) is 11.9 Å². The van der Waals surface area contributed by atoms with Gasteiger partial charge in [0, 0.05) is 6.08 Å². The molecule has 0 bridgehead atoms. The van der Waals surface area contributed by atoms with Crippen LogP contribution in [0.1, 0.15) is 0 Å². The first kappa shape index (κ1) is 18.4. The van der Waals surface area contributed by atoms with Crippen LogP contribution in [0.2, 0.25) is 0 Å². The van der Waals surface area contributed by atoms with Crippen LogP contribution < -0.4 is 10.2 Å². The number of hydrogen-bond acceptors (Lipinski definition) is 5. The summed E-state index contributed by atoms with van der Waals surface area (Å²) < 4.78 is 0. The van der Waals surface area contributed by atoms with Crippen LogP contribution in [0, 0.1) is 0 Å². The molecule has 6 nitrogen and oxygen atoms in total. The molecule has 0 atom stereocenters. The van der Waals surface area contributed by atoms with Gasteiger partial charge in [-0.15, -0.1) is 0 Å². The smallest absolute Gasteiger partial charge is 0.545 e. The van der Waals surface area contributed by atoms with Crippen molar-refractivity contribution in [2.75, 3.05) is 0 Å². The van der Waals surface area contributed by atoms with Gasteiger partial charge in [-0.25, -0.2) is 4.79 Å². The first-order valence-corrected chi connectivity index (χ1v) is 2.85. The summed E-state index contributed by atoms with van der Waals surface area (Å²) in [4.78, 5) is 28.1. The van der Waals surface area contributed by atoms with Crippen LogP contribution in [-0.4, -0.2) is 46.1 Å². The van der Waals surface area contributed by atoms with Gasteiger partial charge >= 0.3 is 29.0 Å². The summed E-state index contributed by atoms with van der Waals surface area (Å²) in [7, 11) is 0. The fourth-order valence-corrected chi connectivity index (χ4v) is 0.139. The van der Waals surface area contributed by atoms with Crippen molar-refractivity contribution in [3.63, 3.8) is 0 Å². The molecule has 0 aromatic rings. The molecule has 14 heavy (non-hydrogen) atoms. The van der Waals surface area contributed by atoms with Crippen molar-refractivity contribution in [2.45, 2.75) is 0 Å². The Morgan fingerprint density at radius 1 is 1.07 bits per heavy atom. The van der Waals surface area contributed by atoms with Crippen LogP contribution in [0.3, 0.4) is 0 Å². The van der Waals surface area contributed by atoms with Gasteiger partial charge in [-0.1, -0.05) is 6.58 Å². The van der Waals surface area contributed by atoms with Crippen LogP contribution in [0.25, 0.3) is 0 Å². The van der Waals surface area contributed by atoms with Gasteiger partial charge in [0.15, 0.2) is 0 Å². The van der Waals surface area contributed by atoms with Crippen LogP contribution >= 0.6 is 0 Å². The number of carbonyl (C=O) groups excluding carboxylic acids is 2. The molecule has 0 rings (SSSR count). The summed E-state index contributed by atoms with van der Waals surface area (Å²) in [5, 5.41) is 26.4. The van der Waals surface area contributed by atoms with Gasteiger partial charge in [0.1, 0.15) is 0 Å². The molecule has 0 radical (unpaired) electrons. The molecule has 0 aromatic carbocycles. The Labute approximate surface area is 95.7 Å². The molecule has 1 N–H and O–H groups in total. The maximum absolute atomic E-state index is 9.53. The zero-order valence-corrected chi connectivity index (χ0v) is 8.55. The third kappa shape index (κ3) is 31.1. The molecule has 0 spiro atoms. The molecular formula is C7H6MgO6. The van der Waals surface area contributed by atoms with E-state index in [4.69, 9.17) is 15.0 Å². The van der Waals surface area contributed by atoms with E-state index in [1.165, 1.54) is 0 Å². The zero-order chi connectivity index (χ0) is 10.9. The molecule has 0 aliphatic rings. The van der Waals surface area contributed by atoms with E-state index >= 15 is 0 Å². The normalized spacial score (nSPS) is 7.71. The first-order valence-electron chi connectivity index (χ1n) is 2.85. The van der Waals surface area contributed by atoms with Gasteiger partial charge < -0.3 is 24.9 Å². The summed E-state index contributed by atoms with van der Waals surface area (Å²) in [6, 6.07) is 0. The van der Waals surface area contributed by atoms with E-state index in [1.807, 2.05) is 0 Å². The molecule has 0 heterocycles. The molecule has 0 fully saturated rings. The second kappa shape index (κ2) is 11.7. The molecule has 0 aromatic heterocycles. The number of hydrogen-bond donors (Lipinski definition) is 1. The number of carboxylic acids is 3. The summed E-state index contributed by atoms with van der Waals surface area (Å²) in [5.41, 5.74) is 0. The van der Waals surface area contributed by atoms with Crippen LogP contribution in [0.5, 0.6) is 0 Å². The third-order valence-electron chi connectivity index (χ3n) is 0.529. The van der Waals surface area contributed by atoms with Crippen LogP contribution in [0.4, 0.5) is 0 Å². The van der Waals surface area contributed by atoms with Crippen molar-refractivity contribution in [3.05, 3.63) is 24.8 Å². The summed E-state index contributed by atoms with van der Waals surface area (Å²) in [6.07, 6.45) is 1.66. The monoisotopic (exact) mass is 210 g/mol. The van der Waals surface area contributed by atoms with E-state index in [9.17, 15) is 14.7 Å². The van der Waals surface area contributed by atoms with E-state index in [0.29, 0.717) is 12.2 Å². The number of carboxylic acid groups (broad SMARTS) is 3. The molecule has 0 saturated carbocycles. The Kier molecular flexibility index (Phi) is 15.4. The molecule has 0 aliphatic heterocycles. The largest absolute Gasteiger partial charge is 2.00 e. The third-order valence-corrected chi connectivity index (χ3v) is 0.529. The standard InChI is InChI=1S/C4H4O4.C3H4O2.Mg/c5-3(6)1-2-4(7)8;1-2-3(4)5;/h1-2H,(H,5,6)(H,7,8);2H,1H2,(H,4,5);/q;;+2/p-2/b2-1+;;. The van der Waals surface area contributed by atoms with Gasteiger partial charge in [0.2, 0.25) is 0 Å². The zero-order valence-electron chi connectivity index (χ0n) is 7.13. The number of aliphatic carboxylic acids is 3. The van der Waals surface area contributed by atoms with Crippen molar-refractivity contribution in [1.29, 1.82) is 0 Å². The Morgan fingerprint density at radius 3 is 1.50 bits per heavy atom. The van der Waals surface area contributed by atoms with Crippen molar-refractivity contribution in [2.24, 2.45) is 0 Å². The van der Waals surface area contributed by atoms with Crippen LogP contribution in [-0.2, 0) is 14.4 Å². The topological polar surface area (TPSA) is 118 Å². The van der Waals surface area contributed by atoms with Gasteiger partial charge in [-0.3, -0.25) is 0 Å². The SMILES string of the molecule is C=CC(=O)[O-].O=C([O-])/C=C/C(=O)O.[Mg+2]. The first-order chi connectivity index (χ1) is 5.90. The average Bonchev–Trinajstić information content (AvgIpc) is 2.02. The maximum Gasteiger partial charge on any atom is 2.00 e. The Morgan fingerprint density at radius 2 is 1.43 bits per heavy atom. The summed E-state index contributed by atoms with van der Waals surface area (Å²) in [6.45, 7) is 2.90.